The Morgan fingerprint density at radius 3 is 2.46 bits per heavy atom. The van der Waals surface area contributed by atoms with Gasteiger partial charge in [-0.3, -0.25) is 19.1 Å². The highest BCUT2D eigenvalue weighted by Gasteiger charge is 2.33. The third kappa shape index (κ3) is 5.20. The number of piperazine rings is 1. The number of hydrogen-bond acceptors (Lipinski definition) is 7. The quantitative estimate of drug-likeness (QED) is 0.439. The molecule has 1 aromatic carbocycles. The van der Waals surface area contributed by atoms with Crippen molar-refractivity contribution in [3.8, 4) is 6.07 Å². The molecule has 1 aromatic heterocycles. The predicted molar refractivity (Wildman–Crippen MR) is 145 cm³/mol. The van der Waals surface area contributed by atoms with Crippen molar-refractivity contribution in [1.82, 2.24) is 14.4 Å². The van der Waals surface area contributed by atoms with Crippen molar-refractivity contribution in [2.45, 2.75) is 19.8 Å². The van der Waals surface area contributed by atoms with E-state index in [1.165, 1.54) is 17.3 Å². The summed E-state index contributed by atoms with van der Waals surface area (Å²) in [6.45, 7) is 5.60. The molecule has 0 atom stereocenters. The molecule has 0 N–H and O–H groups in total. The first-order valence-corrected chi connectivity index (χ1v) is 12.9. The smallest absolute Gasteiger partial charge is 0.270 e. The fourth-order valence-corrected chi connectivity index (χ4v) is 5.81. The number of nitriles is 1. The van der Waals surface area contributed by atoms with E-state index < -0.39 is 0 Å². The Hall–Kier alpha value is -2.93. The Balaban J connectivity index is 1.64. The SMILES string of the molecule is Cc1c(/C=C2\SC(=S)N(CCCc3ccccc3)C2=O)c(N2CCN(C)CC2)n(C)c(=O)c1C#N. The molecule has 4 rings (SSSR count). The first-order valence-electron chi connectivity index (χ1n) is 11.7. The van der Waals surface area contributed by atoms with Gasteiger partial charge in [0, 0.05) is 45.3 Å². The maximum atomic E-state index is 13.3. The molecule has 0 aliphatic carbocycles. The van der Waals surface area contributed by atoms with Crippen LogP contribution in [0.15, 0.2) is 40.0 Å². The van der Waals surface area contributed by atoms with Gasteiger partial charge in [0.05, 0.1) is 4.91 Å². The highest BCUT2D eigenvalue weighted by atomic mass is 32.2. The van der Waals surface area contributed by atoms with E-state index in [-0.39, 0.29) is 17.0 Å². The van der Waals surface area contributed by atoms with E-state index in [4.69, 9.17) is 12.2 Å². The molecule has 2 aliphatic rings. The molecular weight excluding hydrogens is 478 g/mol. The lowest BCUT2D eigenvalue weighted by Crippen LogP contribution is -2.46. The summed E-state index contributed by atoms with van der Waals surface area (Å²) in [5, 5.41) is 9.67. The number of rotatable bonds is 6. The van der Waals surface area contributed by atoms with Crippen molar-refractivity contribution in [3.05, 3.63) is 67.8 Å². The van der Waals surface area contributed by atoms with E-state index >= 15 is 0 Å². The Morgan fingerprint density at radius 2 is 1.80 bits per heavy atom. The number of thiocarbonyl (C=S) groups is 1. The summed E-state index contributed by atoms with van der Waals surface area (Å²) in [5.74, 6) is 0.623. The van der Waals surface area contributed by atoms with Crippen LogP contribution >= 0.6 is 24.0 Å². The molecule has 0 bridgehead atoms. The van der Waals surface area contributed by atoms with Crippen molar-refractivity contribution >= 4 is 46.1 Å². The van der Waals surface area contributed by atoms with Gasteiger partial charge in [0.2, 0.25) is 0 Å². The predicted octanol–water partition coefficient (Wildman–Crippen LogP) is 3.15. The van der Waals surface area contributed by atoms with Crippen LogP contribution in [0.25, 0.3) is 6.08 Å². The summed E-state index contributed by atoms with van der Waals surface area (Å²) in [6.07, 6.45) is 3.50. The summed E-state index contributed by atoms with van der Waals surface area (Å²) in [4.78, 5) is 32.8. The molecule has 2 aliphatic heterocycles. The largest absolute Gasteiger partial charge is 0.355 e. The third-order valence-corrected chi connectivity index (χ3v) is 7.99. The van der Waals surface area contributed by atoms with Gasteiger partial charge in [-0.25, -0.2) is 0 Å². The van der Waals surface area contributed by atoms with Crippen LogP contribution in [0.1, 0.15) is 28.7 Å². The fraction of sp³-hybridized carbons (Fsp3) is 0.385. The van der Waals surface area contributed by atoms with E-state index in [2.05, 4.69) is 35.0 Å². The first-order chi connectivity index (χ1) is 16.8. The second-order valence-corrected chi connectivity index (χ2v) is 10.6. The van der Waals surface area contributed by atoms with Gasteiger partial charge in [-0.15, -0.1) is 0 Å². The molecule has 2 fully saturated rings. The second-order valence-electron chi connectivity index (χ2n) is 8.93. The summed E-state index contributed by atoms with van der Waals surface area (Å²) in [5.41, 5.74) is 2.35. The average molecular weight is 508 g/mol. The van der Waals surface area contributed by atoms with Crippen LogP contribution in [0.5, 0.6) is 0 Å². The molecule has 2 aromatic rings. The lowest BCUT2D eigenvalue weighted by atomic mass is 10.0. The molecule has 7 nitrogen and oxygen atoms in total. The van der Waals surface area contributed by atoms with Gasteiger partial charge >= 0.3 is 0 Å². The Labute approximate surface area is 215 Å². The number of nitrogens with zero attached hydrogens (tertiary/aromatic N) is 5. The van der Waals surface area contributed by atoms with Gasteiger partial charge in [-0.05, 0) is 44.0 Å². The number of pyridine rings is 1. The number of carbonyl (C=O) groups excluding carboxylic acids is 1. The van der Waals surface area contributed by atoms with Crippen LogP contribution < -0.4 is 10.5 Å². The number of hydrogen-bond donors (Lipinski definition) is 0. The third-order valence-electron chi connectivity index (χ3n) is 6.61. The number of aromatic nitrogens is 1. The monoisotopic (exact) mass is 507 g/mol. The summed E-state index contributed by atoms with van der Waals surface area (Å²) in [6, 6.07) is 12.2. The number of amides is 1. The minimum atomic E-state index is -0.315. The second kappa shape index (κ2) is 10.8. The summed E-state index contributed by atoms with van der Waals surface area (Å²) < 4.78 is 2.09. The minimum Gasteiger partial charge on any atom is -0.355 e. The maximum Gasteiger partial charge on any atom is 0.270 e. The number of benzene rings is 1. The fourth-order valence-electron chi connectivity index (χ4n) is 4.52. The Bertz CT molecular complexity index is 1270. The van der Waals surface area contributed by atoms with Gasteiger partial charge in [0.15, 0.2) is 0 Å². The van der Waals surface area contributed by atoms with Crippen LogP contribution in [0.4, 0.5) is 5.82 Å². The van der Waals surface area contributed by atoms with Gasteiger partial charge in [-0.2, -0.15) is 5.26 Å². The van der Waals surface area contributed by atoms with Crippen molar-refractivity contribution < 1.29 is 4.79 Å². The van der Waals surface area contributed by atoms with Crippen molar-refractivity contribution in [2.75, 3.05) is 44.7 Å². The standard InChI is InChI=1S/C26H29N5O2S2/c1-18-20(23(29(3)24(32)21(18)17-27)30-14-12-28(2)13-15-30)16-22-25(33)31(26(34)35-22)11-7-10-19-8-5-4-6-9-19/h4-6,8-9,16H,7,10-15H2,1-3H3/b22-16-. The minimum absolute atomic E-state index is 0.106. The average Bonchev–Trinajstić information content (AvgIpc) is 3.12. The zero-order valence-electron chi connectivity index (χ0n) is 20.3. The van der Waals surface area contributed by atoms with Gasteiger partial charge < -0.3 is 9.80 Å². The molecule has 0 radical (unpaired) electrons. The van der Waals surface area contributed by atoms with Gasteiger partial charge in [-0.1, -0.05) is 54.3 Å². The normalized spacial score (nSPS) is 17.9. The highest BCUT2D eigenvalue weighted by Crippen LogP contribution is 2.36. The molecule has 9 heteroatoms. The van der Waals surface area contributed by atoms with Gasteiger partial charge in [0.25, 0.3) is 11.5 Å². The maximum absolute atomic E-state index is 13.3. The number of anilines is 1. The number of likely N-dealkylation sites (N-methyl/N-ethyl adjacent to an activating group) is 1. The Kier molecular flexibility index (Phi) is 7.75. The number of carbonyl (C=O) groups is 1. The lowest BCUT2D eigenvalue weighted by molar-refractivity contribution is -0.122. The van der Waals surface area contributed by atoms with Crippen LogP contribution in [0.2, 0.25) is 0 Å². The van der Waals surface area contributed by atoms with Crippen molar-refractivity contribution in [1.29, 1.82) is 5.26 Å². The number of thioether (sulfide) groups is 1. The highest BCUT2D eigenvalue weighted by molar-refractivity contribution is 8.26. The summed E-state index contributed by atoms with van der Waals surface area (Å²) >= 11 is 6.83. The first kappa shape index (κ1) is 25.2. The van der Waals surface area contributed by atoms with E-state index in [9.17, 15) is 14.9 Å². The van der Waals surface area contributed by atoms with Crippen LogP contribution in [0.3, 0.4) is 0 Å². The number of aryl methyl sites for hydroxylation is 1. The lowest BCUT2D eigenvalue weighted by Gasteiger charge is -2.36. The topological polar surface area (TPSA) is 72.6 Å². The van der Waals surface area contributed by atoms with Crippen LogP contribution in [-0.2, 0) is 18.3 Å². The van der Waals surface area contributed by atoms with E-state index in [1.54, 1.807) is 23.4 Å². The van der Waals surface area contributed by atoms with Crippen LogP contribution in [-0.4, -0.2) is 64.4 Å². The molecule has 0 unspecified atom stereocenters. The molecule has 2 saturated heterocycles. The van der Waals surface area contributed by atoms with E-state index in [0.29, 0.717) is 21.3 Å². The van der Waals surface area contributed by atoms with Crippen molar-refractivity contribution in [3.63, 3.8) is 0 Å². The molecule has 1 amide bonds. The molecule has 0 spiro atoms. The zero-order chi connectivity index (χ0) is 25.1. The summed E-state index contributed by atoms with van der Waals surface area (Å²) in [7, 11) is 3.77. The van der Waals surface area contributed by atoms with Crippen LogP contribution in [0, 0.1) is 18.3 Å². The van der Waals surface area contributed by atoms with Crippen molar-refractivity contribution in [2.24, 2.45) is 7.05 Å². The molecular formula is C26H29N5O2S2. The van der Waals surface area contributed by atoms with Gasteiger partial charge in [0.1, 0.15) is 21.8 Å². The Morgan fingerprint density at radius 1 is 1.11 bits per heavy atom. The molecule has 3 heterocycles. The molecule has 0 saturated carbocycles. The van der Waals surface area contributed by atoms with E-state index in [0.717, 1.165) is 50.4 Å². The molecule has 35 heavy (non-hydrogen) atoms. The zero-order valence-corrected chi connectivity index (χ0v) is 21.9. The van der Waals surface area contributed by atoms with E-state index in [1.807, 2.05) is 24.3 Å². The molecule has 182 valence electrons.